The fourth-order valence-electron chi connectivity index (χ4n) is 3.29. The van der Waals surface area contributed by atoms with Gasteiger partial charge in [0.15, 0.2) is 5.16 Å². The second kappa shape index (κ2) is 7.60. The summed E-state index contributed by atoms with van der Waals surface area (Å²) in [5.74, 6) is 0.219. The monoisotopic (exact) mass is 384 g/mol. The summed E-state index contributed by atoms with van der Waals surface area (Å²) in [6.45, 7) is 4.53. The molecule has 1 aromatic heterocycles. The number of carbonyl (C=O) groups is 1. The zero-order chi connectivity index (χ0) is 18.8. The number of hydrogen-bond donors (Lipinski definition) is 1. The number of nitrogens with one attached hydrogen (secondary N) is 1. The summed E-state index contributed by atoms with van der Waals surface area (Å²) in [5, 5.41) is 0.758. The minimum Gasteiger partial charge on any atom is -0.366 e. The number of aromatic nitrogens is 2. The van der Waals surface area contributed by atoms with Crippen LogP contribution in [-0.2, 0) is 4.79 Å². The number of H-pyrrole nitrogens is 1. The van der Waals surface area contributed by atoms with Crippen molar-refractivity contribution in [2.75, 3.05) is 36.8 Å². The first kappa shape index (κ1) is 17.9. The maximum atomic E-state index is 13.9. The van der Waals surface area contributed by atoms with Crippen molar-refractivity contribution < 1.29 is 9.18 Å². The first-order chi connectivity index (χ1) is 13.1. The molecule has 140 valence electrons. The van der Waals surface area contributed by atoms with Crippen LogP contribution in [-0.4, -0.2) is 52.7 Å². The summed E-state index contributed by atoms with van der Waals surface area (Å²) < 4.78 is 13.9. The normalized spacial score (nSPS) is 14.7. The van der Waals surface area contributed by atoms with Crippen molar-refractivity contribution >= 4 is 34.4 Å². The highest BCUT2D eigenvalue weighted by molar-refractivity contribution is 7.99. The van der Waals surface area contributed by atoms with E-state index in [9.17, 15) is 9.18 Å². The van der Waals surface area contributed by atoms with Crippen molar-refractivity contribution in [3.63, 3.8) is 0 Å². The Morgan fingerprint density at radius 1 is 1.19 bits per heavy atom. The molecule has 7 heteroatoms. The lowest BCUT2D eigenvalue weighted by molar-refractivity contribution is -0.128. The molecule has 1 fully saturated rings. The molecule has 0 bridgehead atoms. The molecule has 4 rings (SSSR count). The number of anilines is 1. The maximum Gasteiger partial charge on any atom is 0.233 e. The van der Waals surface area contributed by atoms with E-state index in [1.165, 1.54) is 23.4 Å². The van der Waals surface area contributed by atoms with Crippen LogP contribution in [0.25, 0.3) is 11.0 Å². The average molecular weight is 384 g/mol. The highest BCUT2D eigenvalue weighted by atomic mass is 32.2. The van der Waals surface area contributed by atoms with E-state index in [1.54, 1.807) is 12.1 Å². The van der Waals surface area contributed by atoms with E-state index in [2.05, 4.69) is 16.0 Å². The molecule has 1 amide bonds. The molecule has 0 unspecified atom stereocenters. The van der Waals surface area contributed by atoms with Gasteiger partial charge in [-0.2, -0.15) is 0 Å². The van der Waals surface area contributed by atoms with Gasteiger partial charge in [0, 0.05) is 26.2 Å². The van der Waals surface area contributed by atoms with Crippen LogP contribution < -0.4 is 4.90 Å². The highest BCUT2D eigenvalue weighted by Gasteiger charge is 2.22. The number of fused-ring (bicyclic) bond motifs is 1. The molecular formula is C20H21FN4OS. The van der Waals surface area contributed by atoms with Crippen LogP contribution >= 0.6 is 11.8 Å². The molecular weight excluding hydrogens is 363 g/mol. The number of aromatic amines is 1. The first-order valence-corrected chi connectivity index (χ1v) is 9.95. The van der Waals surface area contributed by atoms with Crippen molar-refractivity contribution in [1.29, 1.82) is 0 Å². The molecule has 27 heavy (non-hydrogen) atoms. The number of aryl methyl sites for hydroxylation is 1. The van der Waals surface area contributed by atoms with Gasteiger partial charge in [-0.3, -0.25) is 4.79 Å². The third kappa shape index (κ3) is 3.93. The minimum atomic E-state index is -0.215. The average Bonchev–Trinajstić information content (AvgIpc) is 3.08. The second-order valence-electron chi connectivity index (χ2n) is 6.67. The Balaban J connectivity index is 1.32. The van der Waals surface area contributed by atoms with Gasteiger partial charge in [0.2, 0.25) is 5.91 Å². The van der Waals surface area contributed by atoms with Gasteiger partial charge in [-0.05, 0) is 36.8 Å². The number of nitrogens with zero attached hydrogens (tertiary/aromatic N) is 3. The van der Waals surface area contributed by atoms with Crippen LogP contribution in [0, 0.1) is 12.7 Å². The zero-order valence-electron chi connectivity index (χ0n) is 15.1. The minimum absolute atomic E-state index is 0.0878. The number of rotatable bonds is 4. The molecule has 0 spiro atoms. The lowest BCUT2D eigenvalue weighted by Crippen LogP contribution is -2.49. The van der Waals surface area contributed by atoms with E-state index in [0.29, 0.717) is 37.6 Å². The van der Waals surface area contributed by atoms with Gasteiger partial charge in [0.1, 0.15) is 5.82 Å². The van der Waals surface area contributed by atoms with Gasteiger partial charge >= 0.3 is 0 Å². The van der Waals surface area contributed by atoms with Gasteiger partial charge < -0.3 is 14.8 Å². The number of hydrogen-bond acceptors (Lipinski definition) is 4. The summed E-state index contributed by atoms with van der Waals surface area (Å²) >= 11 is 1.42. The van der Waals surface area contributed by atoms with Crippen molar-refractivity contribution in [2.45, 2.75) is 12.1 Å². The summed E-state index contributed by atoms with van der Waals surface area (Å²) in [6.07, 6.45) is 0. The molecule has 1 N–H and O–H groups in total. The number of carbonyl (C=O) groups excluding carboxylic acids is 1. The number of imidazole rings is 1. The quantitative estimate of drug-likeness (QED) is 0.700. The van der Waals surface area contributed by atoms with Gasteiger partial charge in [-0.25, -0.2) is 9.37 Å². The van der Waals surface area contributed by atoms with Crippen LogP contribution in [0.15, 0.2) is 47.6 Å². The molecule has 0 atom stereocenters. The van der Waals surface area contributed by atoms with Gasteiger partial charge in [-0.1, -0.05) is 30.0 Å². The third-order valence-corrected chi connectivity index (χ3v) is 5.63. The molecule has 0 saturated carbocycles. The Kier molecular flexibility index (Phi) is 5.03. The van der Waals surface area contributed by atoms with Crippen molar-refractivity contribution in [3.05, 3.63) is 53.8 Å². The predicted molar refractivity (Wildman–Crippen MR) is 107 cm³/mol. The Morgan fingerprint density at radius 2 is 1.96 bits per heavy atom. The van der Waals surface area contributed by atoms with Crippen LogP contribution in [0.4, 0.5) is 10.1 Å². The molecule has 5 nitrogen and oxygen atoms in total. The smallest absolute Gasteiger partial charge is 0.233 e. The van der Waals surface area contributed by atoms with E-state index in [4.69, 9.17) is 0 Å². The molecule has 3 aromatic rings. The van der Waals surface area contributed by atoms with Crippen LogP contribution in [0.5, 0.6) is 0 Å². The van der Waals surface area contributed by atoms with Crippen LogP contribution in [0.3, 0.4) is 0 Å². The summed E-state index contributed by atoms with van der Waals surface area (Å²) in [5.41, 5.74) is 3.68. The molecule has 1 aliphatic rings. The predicted octanol–water partition coefficient (Wildman–Crippen LogP) is 3.45. The number of para-hydroxylation sites is 1. The molecule has 2 heterocycles. The Morgan fingerprint density at radius 3 is 2.74 bits per heavy atom. The lowest BCUT2D eigenvalue weighted by Gasteiger charge is -2.36. The van der Waals surface area contributed by atoms with Gasteiger partial charge in [0.25, 0.3) is 0 Å². The fourth-order valence-corrected chi connectivity index (χ4v) is 4.08. The van der Waals surface area contributed by atoms with Crippen molar-refractivity contribution in [1.82, 2.24) is 14.9 Å². The molecule has 0 aliphatic carbocycles. The number of halogens is 1. The zero-order valence-corrected chi connectivity index (χ0v) is 15.9. The topological polar surface area (TPSA) is 52.2 Å². The number of piperazine rings is 1. The first-order valence-electron chi connectivity index (χ1n) is 8.96. The fraction of sp³-hybridized carbons (Fsp3) is 0.300. The lowest BCUT2D eigenvalue weighted by atomic mass is 10.2. The number of amides is 1. The molecule has 1 aliphatic heterocycles. The van der Waals surface area contributed by atoms with Crippen LogP contribution in [0.2, 0.25) is 0 Å². The van der Waals surface area contributed by atoms with E-state index < -0.39 is 0 Å². The number of thioether (sulfide) groups is 1. The van der Waals surface area contributed by atoms with E-state index >= 15 is 0 Å². The summed E-state index contributed by atoms with van der Waals surface area (Å²) in [6, 6.07) is 12.8. The van der Waals surface area contributed by atoms with E-state index in [0.717, 1.165) is 16.2 Å². The van der Waals surface area contributed by atoms with Crippen molar-refractivity contribution in [2.24, 2.45) is 0 Å². The Labute approximate surface area is 161 Å². The van der Waals surface area contributed by atoms with Gasteiger partial charge in [0.05, 0.1) is 22.5 Å². The van der Waals surface area contributed by atoms with E-state index in [1.807, 2.05) is 34.9 Å². The maximum absolute atomic E-state index is 13.9. The highest BCUT2D eigenvalue weighted by Crippen LogP contribution is 2.22. The number of benzene rings is 2. The standard InChI is InChI=1S/C20H21FN4OS/c1-14-6-7-16-17(12-14)23-20(22-16)27-13-19(26)25-10-8-24(9-11-25)18-5-3-2-4-15(18)21/h2-7,12H,8-11,13H2,1H3,(H,22,23). The van der Waals surface area contributed by atoms with E-state index in [-0.39, 0.29) is 11.7 Å². The molecule has 2 aromatic carbocycles. The largest absolute Gasteiger partial charge is 0.366 e. The Hall–Kier alpha value is -2.54. The van der Waals surface area contributed by atoms with Gasteiger partial charge in [-0.15, -0.1) is 0 Å². The van der Waals surface area contributed by atoms with Crippen LogP contribution in [0.1, 0.15) is 5.56 Å². The third-order valence-electron chi connectivity index (χ3n) is 4.77. The van der Waals surface area contributed by atoms with Crippen molar-refractivity contribution in [3.8, 4) is 0 Å². The second-order valence-corrected chi connectivity index (χ2v) is 7.63. The molecule has 1 saturated heterocycles. The summed E-state index contributed by atoms with van der Waals surface area (Å²) in [4.78, 5) is 24.1. The Bertz CT molecular complexity index is 966. The summed E-state index contributed by atoms with van der Waals surface area (Å²) in [7, 11) is 0. The molecule has 0 radical (unpaired) electrons. The SMILES string of the molecule is Cc1ccc2nc(SCC(=O)N3CCN(c4ccccc4F)CC3)[nH]c2c1.